The van der Waals surface area contributed by atoms with E-state index in [9.17, 15) is 14.5 Å². The molecule has 3 rings (SSSR count). The fourth-order valence-corrected chi connectivity index (χ4v) is 2.12. The maximum absolute atomic E-state index is 13.6. The highest BCUT2D eigenvalue weighted by molar-refractivity contribution is 6.33. The second-order valence-electron chi connectivity index (χ2n) is 4.60. The molecule has 1 aromatic carbocycles. The maximum Gasteiger partial charge on any atom is 0.288 e. The fraction of sp³-hybridized carbons (Fsp3) is 0.364. The highest BCUT2D eigenvalue weighted by Gasteiger charge is 2.43. The second-order valence-corrected chi connectivity index (χ2v) is 5.00. The van der Waals surface area contributed by atoms with Crippen LogP contribution in [0.3, 0.4) is 0 Å². The van der Waals surface area contributed by atoms with Crippen molar-refractivity contribution >= 4 is 28.2 Å². The summed E-state index contributed by atoms with van der Waals surface area (Å²) in [5.41, 5.74) is -0.780. The molecular weight excluding hydrogens is 261 g/mol. The molecule has 1 fully saturated rings. The fourth-order valence-electron chi connectivity index (χ4n) is 1.89. The Labute approximate surface area is 106 Å². The number of halogens is 2. The van der Waals surface area contributed by atoms with Gasteiger partial charge in [-0.25, -0.2) is 4.39 Å². The Hall–Kier alpha value is -1.69. The minimum Gasteiger partial charge on any atom is -0.268 e. The quantitative estimate of drug-likeness (QED) is 0.635. The number of alkyl halides is 1. The van der Waals surface area contributed by atoms with E-state index in [4.69, 9.17) is 11.6 Å². The molecule has 0 radical (unpaired) electrons. The Morgan fingerprint density at radius 2 is 2.28 bits per heavy atom. The van der Waals surface area contributed by atoms with Gasteiger partial charge in [0.2, 0.25) is 0 Å². The van der Waals surface area contributed by atoms with Crippen LogP contribution in [0.1, 0.15) is 12.8 Å². The van der Waals surface area contributed by atoms with Gasteiger partial charge in [0, 0.05) is 17.6 Å². The number of hydrogen-bond acceptors (Lipinski definition) is 3. The summed E-state index contributed by atoms with van der Waals surface area (Å²) in [6.45, 7) is 0.188. The van der Waals surface area contributed by atoms with E-state index >= 15 is 0 Å². The molecule has 1 aromatic heterocycles. The summed E-state index contributed by atoms with van der Waals surface area (Å²) in [6, 6.07) is 2.79. The Kier molecular flexibility index (Phi) is 2.31. The van der Waals surface area contributed by atoms with Crippen molar-refractivity contribution in [2.75, 3.05) is 0 Å². The number of nitro groups is 1. The van der Waals surface area contributed by atoms with Crippen molar-refractivity contribution in [3.05, 3.63) is 33.5 Å². The number of benzene rings is 1. The lowest BCUT2D eigenvalue weighted by Crippen LogP contribution is -2.12. The van der Waals surface area contributed by atoms with Crippen LogP contribution >= 0.6 is 11.6 Å². The second kappa shape index (κ2) is 3.65. The zero-order valence-corrected chi connectivity index (χ0v) is 10.0. The Bertz CT molecular complexity index is 651. The minimum absolute atomic E-state index is 0.0409. The van der Waals surface area contributed by atoms with E-state index in [1.165, 1.54) is 16.8 Å². The zero-order chi connectivity index (χ0) is 12.9. The number of nitro benzene ring substituents is 1. The summed E-state index contributed by atoms with van der Waals surface area (Å²) in [5, 5.41) is 15.5. The minimum atomic E-state index is -1.15. The number of nitrogens with zero attached hydrogens (tertiary/aromatic N) is 3. The van der Waals surface area contributed by atoms with Crippen LogP contribution in [-0.4, -0.2) is 20.4 Å². The van der Waals surface area contributed by atoms with Crippen LogP contribution in [0, 0.1) is 10.1 Å². The predicted molar refractivity (Wildman–Crippen MR) is 64.5 cm³/mol. The lowest BCUT2D eigenvalue weighted by Gasteiger charge is -2.03. The third kappa shape index (κ3) is 1.92. The molecule has 0 spiro atoms. The van der Waals surface area contributed by atoms with Gasteiger partial charge in [0.25, 0.3) is 5.69 Å². The number of hydrogen-bond donors (Lipinski definition) is 0. The average molecular weight is 270 g/mol. The van der Waals surface area contributed by atoms with Gasteiger partial charge in [-0.15, -0.1) is 0 Å². The molecule has 94 valence electrons. The van der Waals surface area contributed by atoms with Crippen molar-refractivity contribution in [2.45, 2.75) is 25.1 Å². The van der Waals surface area contributed by atoms with Crippen LogP contribution in [0.2, 0.25) is 5.02 Å². The molecule has 2 aromatic rings. The third-order valence-corrected chi connectivity index (χ3v) is 3.36. The first kappa shape index (κ1) is 11.4. The highest BCUT2D eigenvalue weighted by atomic mass is 35.5. The van der Waals surface area contributed by atoms with Crippen molar-refractivity contribution in [1.29, 1.82) is 0 Å². The van der Waals surface area contributed by atoms with E-state index in [0.29, 0.717) is 23.7 Å². The molecule has 7 heteroatoms. The van der Waals surface area contributed by atoms with Crippen LogP contribution in [-0.2, 0) is 6.54 Å². The summed E-state index contributed by atoms with van der Waals surface area (Å²) in [7, 11) is 0. The molecule has 1 heterocycles. The van der Waals surface area contributed by atoms with Gasteiger partial charge >= 0.3 is 0 Å². The van der Waals surface area contributed by atoms with Crippen molar-refractivity contribution in [2.24, 2.45) is 0 Å². The van der Waals surface area contributed by atoms with Crippen LogP contribution < -0.4 is 0 Å². The molecule has 0 atom stereocenters. The lowest BCUT2D eigenvalue weighted by atomic mass is 10.2. The molecule has 0 unspecified atom stereocenters. The van der Waals surface area contributed by atoms with Crippen LogP contribution in [0.25, 0.3) is 10.9 Å². The van der Waals surface area contributed by atoms with Crippen molar-refractivity contribution in [3.8, 4) is 0 Å². The van der Waals surface area contributed by atoms with Crippen LogP contribution in [0.4, 0.5) is 10.1 Å². The monoisotopic (exact) mass is 269 g/mol. The molecule has 0 saturated heterocycles. The smallest absolute Gasteiger partial charge is 0.268 e. The van der Waals surface area contributed by atoms with Crippen LogP contribution in [0.15, 0.2) is 18.3 Å². The number of aromatic nitrogens is 2. The average Bonchev–Trinajstić information content (AvgIpc) is 2.87. The van der Waals surface area contributed by atoms with Crippen molar-refractivity contribution in [1.82, 2.24) is 9.78 Å². The topological polar surface area (TPSA) is 61.0 Å². The number of fused-ring (bicyclic) bond motifs is 1. The van der Waals surface area contributed by atoms with E-state index in [1.54, 1.807) is 6.20 Å². The molecule has 1 saturated carbocycles. The summed E-state index contributed by atoms with van der Waals surface area (Å²) in [5.74, 6) is 0. The van der Waals surface area contributed by atoms with Gasteiger partial charge in [0.05, 0.1) is 17.0 Å². The van der Waals surface area contributed by atoms with Crippen molar-refractivity contribution in [3.63, 3.8) is 0 Å². The summed E-state index contributed by atoms with van der Waals surface area (Å²) < 4.78 is 15.1. The molecule has 5 nitrogen and oxygen atoms in total. The first-order chi connectivity index (χ1) is 8.47. The normalized spacial score (nSPS) is 17.0. The molecule has 0 N–H and O–H groups in total. The van der Waals surface area contributed by atoms with E-state index in [2.05, 4.69) is 5.10 Å². The Morgan fingerprint density at radius 1 is 1.56 bits per heavy atom. The maximum atomic E-state index is 13.6. The van der Waals surface area contributed by atoms with Crippen molar-refractivity contribution < 1.29 is 9.31 Å². The van der Waals surface area contributed by atoms with E-state index in [0.717, 1.165) is 0 Å². The van der Waals surface area contributed by atoms with Gasteiger partial charge in [-0.05, 0) is 18.9 Å². The standard InChI is InChI=1S/C11H9ClFN3O2/c12-8-4-9-7(3-10(8)16(17)18)5-15(14-9)6-11(13)1-2-11/h3-5H,1-2,6H2. The molecule has 1 aliphatic rings. The largest absolute Gasteiger partial charge is 0.288 e. The molecule has 0 bridgehead atoms. The summed E-state index contributed by atoms with van der Waals surface area (Å²) in [6.07, 6.45) is 2.70. The summed E-state index contributed by atoms with van der Waals surface area (Å²) >= 11 is 5.79. The van der Waals surface area contributed by atoms with E-state index in [1.807, 2.05) is 0 Å². The van der Waals surface area contributed by atoms with Gasteiger partial charge in [-0.3, -0.25) is 14.8 Å². The van der Waals surface area contributed by atoms with Gasteiger partial charge in [-0.2, -0.15) is 5.10 Å². The Balaban J connectivity index is 2.03. The highest BCUT2D eigenvalue weighted by Crippen LogP contribution is 2.41. The first-order valence-corrected chi connectivity index (χ1v) is 5.85. The molecule has 0 amide bonds. The number of rotatable bonds is 3. The molecule has 0 aliphatic heterocycles. The molecule has 1 aliphatic carbocycles. The third-order valence-electron chi connectivity index (χ3n) is 3.06. The zero-order valence-electron chi connectivity index (χ0n) is 9.27. The van der Waals surface area contributed by atoms with E-state index < -0.39 is 10.6 Å². The van der Waals surface area contributed by atoms with Gasteiger partial charge in [0.1, 0.15) is 10.7 Å². The molecular formula is C11H9ClFN3O2. The lowest BCUT2D eigenvalue weighted by molar-refractivity contribution is -0.384. The first-order valence-electron chi connectivity index (χ1n) is 5.47. The Morgan fingerprint density at radius 3 is 2.89 bits per heavy atom. The molecule has 18 heavy (non-hydrogen) atoms. The van der Waals surface area contributed by atoms with Crippen LogP contribution in [0.5, 0.6) is 0 Å². The van der Waals surface area contributed by atoms with E-state index in [-0.39, 0.29) is 17.3 Å². The van der Waals surface area contributed by atoms with Gasteiger partial charge in [-0.1, -0.05) is 11.6 Å². The van der Waals surface area contributed by atoms with Gasteiger partial charge < -0.3 is 0 Å². The SMILES string of the molecule is O=[N+]([O-])c1cc2cn(CC3(F)CC3)nc2cc1Cl. The van der Waals surface area contributed by atoms with Gasteiger partial charge in [0.15, 0.2) is 0 Å². The summed E-state index contributed by atoms with van der Waals surface area (Å²) in [4.78, 5) is 10.2. The predicted octanol–water partition coefficient (Wildman–Crippen LogP) is 3.10.